The first-order chi connectivity index (χ1) is 12.5. The average molecular weight is 387 g/mol. The molecule has 0 fully saturated rings. The summed E-state index contributed by atoms with van der Waals surface area (Å²) in [6.07, 6.45) is 2.22. The number of hydrogen-bond acceptors (Lipinski definition) is 6. The zero-order valence-electron chi connectivity index (χ0n) is 14.0. The normalized spacial score (nSPS) is 10.7. The molecule has 0 atom stereocenters. The highest BCUT2D eigenvalue weighted by atomic mass is 32.1. The molecule has 3 rings (SSSR count). The van der Waals surface area contributed by atoms with Crippen LogP contribution in [0.1, 0.15) is 27.4 Å². The van der Waals surface area contributed by atoms with Crippen LogP contribution in [0.4, 0.5) is 5.13 Å². The predicted octanol–water partition coefficient (Wildman–Crippen LogP) is 3.44. The quantitative estimate of drug-likeness (QED) is 0.445. The van der Waals surface area contributed by atoms with Crippen LogP contribution < -0.4 is 5.32 Å². The molecule has 0 bridgehead atoms. The Kier molecular flexibility index (Phi) is 5.29. The molecule has 0 radical (unpaired) electrons. The van der Waals surface area contributed by atoms with Crippen LogP contribution in [0.3, 0.4) is 0 Å². The fourth-order valence-corrected chi connectivity index (χ4v) is 3.34. The predicted molar refractivity (Wildman–Crippen MR) is 103 cm³/mol. The number of hydrogen-bond donors (Lipinski definition) is 3. The summed E-state index contributed by atoms with van der Waals surface area (Å²) in [6.45, 7) is 6.13. The van der Waals surface area contributed by atoms with Gasteiger partial charge in [0.1, 0.15) is 11.6 Å². The Morgan fingerprint density at radius 1 is 1.54 bits per heavy atom. The van der Waals surface area contributed by atoms with Gasteiger partial charge in [-0.05, 0) is 31.3 Å². The molecule has 0 unspecified atom stereocenters. The van der Waals surface area contributed by atoms with E-state index in [1.807, 2.05) is 16.9 Å². The van der Waals surface area contributed by atoms with E-state index in [9.17, 15) is 9.90 Å². The molecule has 1 aromatic carbocycles. The number of benzene rings is 1. The Bertz CT molecular complexity index is 1020. The number of allylic oxidation sites excluding steroid dienone is 1. The highest BCUT2D eigenvalue weighted by Gasteiger charge is 2.14. The summed E-state index contributed by atoms with van der Waals surface area (Å²) in [5.41, 5.74) is 1.87. The summed E-state index contributed by atoms with van der Waals surface area (Å²) < 4.78 is 2.36. The highest BCUT2D eigenvalue weighted by molar-refractivity contribution is 7.71. The van der Waals surface area contributed by atoms with Gasteiger partial charge < -0.3 is 5.11 Å². The maximum Gasteiger partial charge on any atom is 0.261 e. The fourth-order valence-electron chi connectivity index (χ4n) is 2.41. The monoisotopic (exact) mass is 387 g/mol. The molecular weight excluding hydrogens is 370 g/mol. The third-order valence-electron chi connectivity index (χ3n) is 3.66. The molecule has 134 valence electrons. The number of aryl methyl sites for hydroxylation is 1. The second-order valence-electron chi connectivity index (χ2n) is 5.64. The Labute approximate surface area is 159 Å². The number of carbonyl (C=O) groups excluding carboxylic acids is 1. The van der Waals surface area contributed by atoms with Crippen LogP contribution >= 0.6 is 23.6 Å². The lowest BCUT2D eigenvalue weighted by molar-refractivity contribution is 0.102. The minimum absolute atomic E-state index is 0.0650. The third kappa shape index (κ3) is 3.89. The van der Waals surface area contributed by atoms with E-state index in [2.05, 4.69) is 27.1 Å². The Hall–Kier alpha value is -2.78. The molecule has 0 saturated heterocycles. The lowest BCUT2D eigenvalue weighted by atomic mass is 10.1. The van der Waals surface area contributed by atoms with Gasteiger partial charge in [0.05, 0.1) is 17.7 Å². The Morgan fingerprint density at radius 3 is 3.12 bits per heavy atom. The second-order valence-corrected chi connectivity index (χ2v) is 6.88. The van der Waals surface area contributed by atoms with Crippen molar-refractivity contribution in [2.24, 2.45) is 0 Å². The van der Waals surface area contributed by atoms with Crippen LogP contribution in [-0.2, 0) is 13.0 Å². The van der Waals surface area contributed by atoms with E-state index in [4.69, 9.17) is 12.2 Å². The molecule has 0 spiro atoms. The molecule has 3 aromatic rings. The van der Waals surface area contributed by atoms with Gasteiger partial charge in [-0.15, -0.1) is 17.9 Å². The molecule has 0 aliphatic heterocycles. The maximum absolute atomic E-state index is 12.3. The summed E-state index contributed by atoms with van der Waals surface area (Å²) in [6, 6.07) is 4.87. The minimum atomic E-state index is -0.401. The van der Waals surface area contributed by atoms with Crippen molar-refractivity contribution in [1.29, 1.82) is 0 Å². The van der Waals surface area contributed by atoms with E-state index in [1.54, 1.807) is 18.2 Å². The first-order valence-electron chi connectivity index (χ1n) is 7.78. The van der Waals surface area contributed by atoms with E-state index in [0.717, 1.165) is 17.1 Å². The number of anilines is 1. The summed E-state index contributed by atoms with van der Waals surface area (Å²) in [5.74, 6) is 0.278. The van der Waals surface area contributed by atoms with E-state index in [-0.39, 0.29) is 11.3 Å². The third-order valence-corrected chi connectivity index (χ3v) is 4.78. The maximum atomic E-state index is 12.3. The van der Waals surface area contributed by atoms with Crippen LogP contribution in [0.15, 0.2) is 36.2 Å². The topological polar surface area (TPSA) is 95.8 Å². The van der Waals surface area contributed by atoms with Crippen LogP contribution in [-0.4, -0.2) is 30.8 Å². The van der Waals surface area contributed by atoms with Gasteiger partial charge in [-0.25, -0.2) is 4.98 Å². The molecule has 0 aliphatic carbocycles. The molecular formula is C17H17N5O2S2. The van der Waals surface area contributed by atoms with Crippen LogP contribution in [0.5, 0.6) is 5.75 Å². The average Bonchev–Trinajstić information content (AvgIpc) is 3.18. The number of H-pyrrole nitrogens is 1. The van der Waals surface area contributed by atoms with Crippen molar-refractivity contribution in [3.63, 3.8) is 0 Å². The van der Waals surface area contributed by atoms with Gasteiger partial charge in [-0.3, -0.25) is 19.8 Å². The van der Waals surface area contributed by atoms with Gasteiger partial charge in [-0.1, -0.05) is 17.7 Å². The molecule has 2 heterocycles. The number of aromatic hydroxyl groups is 1. The Balaban J connectivity index is 1.74. The number of phenolic OH excluding ortho intramolecular Hbond substituents is 1. The number of phenols is 1. The van der Waals surface area contributed by atoms with Gasteiger partial charge in [-0.2, -0.15) is 5.10 Å². The van der Waals surface area contributed by atoms with E-state index >= 15 is 0 Å². The van der Waals surface area contributed by atoms with Crippen molar-refractivity contribution in [1.82, 2.24) is 19.7 Å². The first kappa shape index (κ1) is 18.0. The summed E-state index contributed by atoms with van der Waals surface area (Å²) in [4.78, 5) is 16.8. The number of aromatic amines is 1. The summed E-state index contributed by atoms with van der Waals surface area (Å²) in [5, 5.41) is 21.8. The molecule has 0 aliphatic rings. The van der Waals surface area contributed by atoms with E-state index in [0.29, 0.717) is 22.9 Å². The molecule has 26 heavy (non-hydrogen) atoms. The van der Waals surface area contributed by atoms with Crippen molar-refractivity contribution in [3.05, 3.63) is 63.7 Å². The number of carbonyl (C=O) groups is 1. The highest BCUT2D eigenvalue weighted by Crippen LogP contribution is 2.22. The van der Waals surface area contributed by atoms with Gasteiger partial charge in [0, 0.05) is 11.9 Å². The van der Waals surface area contributed by atoms with Gasteiger partial charge in [0.15, 0.2) is 9.90 Å². The largest absolute Gasteiger partial charge is 0.507 e. The fraction of sp³-hybridized carbons (Fsp3) is 0.176. The molecule has 7 nitrogen and oxygen atoms in total. The van der Waals surface area contributed by atoms with Crippen molar-refractivity contribution >= 4 is 34.6 Å². The summed E-state index contributed by atoms with van der Waals surface area (Å²) >= 11 is 6.50. The van der Waals surface area contributed by atoms with Crippen molar-refractivity contribution in [2.45, 2.75) is 19.9 Å². The van der Waals surface area contributed by atoms with E-state index < -0.39 is 5.91 Å². The lowest BCUT2D eigenvalue weighted by Crippen LogP contribution is -2.12. The standard InChI is InChI=1S/C17H17N5O2S2/c1-3-6-22-14(20-21-17(22)25)8-11-9-26-16(18-11)19-15(24)12-7-10(2)4-5-13(12)23/h3-5,7,9,23H,1,6,8H2,2H3,(H,21,25)(H,18,19,24). The molecule has 0 saturated carbocycles. The van der Waals surface area contributed by atoms with Gasteiger partial charge in [0.2, 0.25) is 0 Å². The van der Waals surface area contributed by atoms with Crippen LogP contribution in [0.25, 0.3) is 0 Å². The minimum Gasteiger partial charge on any atom is -0.507 e. The van der Waals surface area contributed by atoms with Gasteiger partial charge in [0.25, 0.3) is 5.91 Å². The number of amides is 1. The second kappa shape index (κ2) is 7.63. The van der Waals surface area contributed by atoms with Crippen molar-refractivity contribution in [2.75, 3.05) is 5.32 Å². The Morgan fingerprint density at radius 2 is 2.35 bits per heavy atom. The number of aromatic nitrogens is 4. The van der Waals surface area contributed by atoms with Crippen LogP contribution in [0.2, 0.25) is 0 Å². The number of thiazole rings is 1. The zero-order valence-corrected chi connectivity index (χ0v) is 15.7. The molecule has 3 N–H and O–H groups in total. The zero-order chi connectivity index (χ0) is 18.7. The van der Waals surface area contributed by atoms with Crippen molar-refractivity contribution < 1.29 is 9.90 Å². The first-order valence-corrected chi connectivity index (χ1v) is 9.07. The van der Waals surface area contributed by atoms with Crippen molar-refractivity contribution in [3.8, 4) is 5.75 Å². The molecule has 9 heteroatoms. The lowest BCUT2D eigenvalue weighted by Gasteiger charge is -2.05. The van der Waals surface area contributed by atoms with Gasteiger partial charge >= 0.3 is 0 Å². The molecule has 2 aromatic heterocycles. The number of rotatable bonds is 6. The van der Waals surface area contributed by atoms with Crippen LogP contribution in [0, 0.1) is 11.7 Å². The van der Waals surface area contributed by atoms with E-state index in [1.165, 1.54) is 17.4 Å². The number of nitrogens with zero attached hydrogens (tertiary/aromatic N) is 3. The number of nitrogens with one attached hydrogen (secondary N) is 2. The molecule has 1 amide bonds. The SMILES string of the molecule is C=CCn1c(Cc2csc(NC(=O)c3cc(C)ccc3O)n2)n[nH]c1=S. The smallest absolute Gasteiger partial charge is 0.261 e. The summed E-state index contributed by atoms with van der Waals surface area (Å²) in [7, 11) is 0.